The molecule has 0 radical (unpaired) electrons. The molecule has 1 aromatic heterocycles. The van der Waals surface area contributed by atoms with Crippen molar-refractivity contribution < 1.29 is 0 Å². The van der Waals surface area contributed by atoms with Crippen LogP contribution in [0.1, 0.15) is 70.7 Å². The summed E-state index contributed by atoms with van der Waals surface area (Å²) >= 11 is 0. The van der Waals surface area contributed by atoms with Crippen molar-refractivity contribution in [3.05, 3.63) is 17.5 Å². The Morgan fingerprint density at radius 3 is 2.55 bits per heavy atom. The maximum absolute atomic E-state index is 4.63. The molecule has 3 nitrogen and oxygen atoms in total. The van der Waals surface area contributed by atoms with Crippen molar-refractivity contribution in [1.29, 1.82) is 0 Å². The van der Waals surface area contributed by atoms with Crippen LogP contribution in [0, 0.1) is 5.92 Å². The fourth-order valence-corrected chi connectivity index (χ4v) is 3.35. The Morgan fingerprint density at radius 2 is 1.95 bits per heavy atom. The number of hydrogen-bond donors (Lipinski definition) is 1. The molecule has 0 aromatic carbocycles. The Morgan fingerprint density at radius 1 is 1.25 bits per heavy atom. The molecule has 1 fully saturated rings. The van der Waals surface area contributed by atoms with Gasteiger partial charge in [-0.15, -0.1) is 0 Å². The smallest absolute Gasteiger partial charge is 0.0625 e. The molecule has 0 amide bonds. The van der Waals surface area contributed by atoms with Crippen LogP contribution in [0.3, 0.4) is 0 Å². The fourth-order valence-electron chi connectivity index (χ4n) is 3.35. The summed E-state index contributed by atoms with van der Waals surface area (Å²) in [6.45, 7) is 8.63. The van der Waals surface area contributed by atoms with Gasteiger partial charge in [0, 0.05) is 19.1 Å². The third-order valence-electron chi connectivity index (χ3n) is 4.79. The number of rotatable bonds is 6. The lowest BCUT2D eigenvalue weighted by atomic mass is 9.93. The van der Waals surface area contributed by atoms with Crippen molar-refractivity contribution in [1.82, 2.24) is 15.1 Å². The second-order valence-electron chi connectivity index (χ2n) is 6.22. The van der Waals surface area contributed by atoms with Gasteiger partial charge < -0.3 is 5.32 Å². The lowest BCUT2D eigenvalue weighted by molar-refractivity contribution is 0.333. The molecule has 0 unspecified atom stereocenters. The number of hydrogen-bond acceptors (Lipinski definition) is 2. The van der Waals surface area contributed by atoms with Crippen molar-refractivity contribution >= 4 is 0 Å². The number of nitrogens with zero attached hydrogens (tertiary/aromatic N) is 2. The zero-order valence-corrected chi connectivity index (χ0v) is 13.5. The summed E-state index contributed by atoms with van der Waals surface area (Å²) in [7, 11) is 0. The van der Waals surface area contributed by atoms with Crippen molar-refractivity contribution in [3.8, 4) is 0 Å². The Hall–Kier alpha value is -0.830. The zero-order chi connectivity index (χ0) is 14.4. The molecule has 114 valence electrons. The Kier molecular flexibility index (Phi) is 6.08. The number of nitrogens with one attached hydrogen (secondary N) is 1. The van der Waals surface area contributed by atoms with E-state index >= 15 is 0 Å². The van der Waals surface area contributed by atoms with E-state index in [0.717, 1.165) is 25.4 Å². The van der Waals surface area contributed by atoms with E-state index in [0.29, 0.717) is 6.04 Å². The molecule has 0 spiro atoms. The lowest BCUT2D eigenvalue weighted by Gasteiger charge is -2.23. The molecule has 1 aliphatic carbocycles. The van der Waals surface area contributed by atoms with E-state index in [-0.39, 0.29) is 0 Å². The molecule has 1 aromatic rings. The van der Waals surface area contributed by atoms with Crippen LogP contribution >= 0.6 is 0 Å². The van der Waals surface area contributed by atoms with Gasteiger partial charge in [0.1, 0.15) is 0 Å². The van der Waals surface area contributed by atoms with Crippen LogP contribution in [0.5, 0.6) is 0 Å². The predicted octanol–water partition coefficient (Wildman–Crippen LogP) is 3.91. The summed E-state index contributed by atoms with van der Waals surface area (Å²) in [6.07, 6.45) is 9.55. The number of aryl methyl sites for hydroxylation is 2. The lowest BCUT2D eigenvalue weighted by Crippen LogP contribution is -2.33. The molecular formula is C17H31N3. The second-order valence-corrected chi connectivity index (χ2v) is 6.22. The minimum absolute atomic E-state index is 0.624. The van der Waals surface area contributed by atoms with E-state index in [4.69, 9.17) is 0 Å². The minimum Gasteiger partial charge on any atom is -0.308 e. The topological polar surface area (TPSA) is 29.9 Å². The van der Waals surface area contributed by atoms with Gasteiger partial charge in [-0.25, -0.2) is 0 Å². The van der Waals surface area contributed by atoms with Gasteiger partial charge in [-0.1, -0.05) is 32.6 Å². The van der Waals surface area contributed by atoms with Crippen LogP contribution in [0.4, 0.5) is 0 Å². The fraction of sp³-hybridized carbons (Fsp3) is 0.824. The molecule has 1 heterocycles. The van der Waals surface area contributed by atoms with Crippen LogP contribution < -0.4 is 5.32 Å². The van der Waals surface area contributed by atoms with Crippen LogP contribution in [-0.2, 0) is 19.5 Å². The molecule has 3 heteroatoms. The van der Waals surface area contributed by atoms with Gasteiger partial charge in [0.25, 0.3) is 0 Å². The summed E-state index contributed by atoms with van der Waals surface area (Å²) in [5.41, 5.74) is 2.55. The van der Waals surface area contributed by atoms with Gasteiger partial charge in [0.2, 0.25) is 0 Å². The molecule has 0 saturated heterocycles. The van der Waals surface area contributed by atoms with E-state index in [1.165, 1.54) is 49.9 Å². The molecule has 1 aliphatic rings. The van der Waals surface area contributed by atoms with Crippen molar-refractivity contribution in [2.75, 3.05) is 0 Å². The third kappa shape index (κ3) is 4.08. The first-order valence-corrected chi connectivity index (χ1v) is 8.53. The highest BCUT2D eigenvalue weighted by atomic mass is 15.3. The van der Waals surface area contributed by atoms with Crippen molar-refractivity contribution in [3.63, 3.8) is 0 Å². The Labute approximate surface area is 124 Å². The Balaban J connectivity index is 1.88. The van der Waals surface area contributed by atoms with Gasteiger partial charge in [0.15, 0.2) is 0 Å². The normalized spacial score (nSPS) is 18.9. The third-order valence-corrected chi connectivity index (χ3v) is 4.79. The first-order valence-electron chi connectivity index (χ1n) is 8.53. The molecule has 2 rings (SSSR count). The van der Waals surface area contributed by atoms with Gasteiger partial charge in [-0.3, -0.25) is 4.68 Å². The van der Waals surface area contributed by atoms with Crippen LogP contribution in [0.15, 0.2) is 6.07 Å². The highest BCUT2D eigenvalue weighted by Gasteiger charge is 2.19. The molecular weight excluding hydrogens is 246 g/mol. The van der Waals surface area contributed by atoms with E-state index in [1.54, 1.807) is 0 Å². The first kappa shape index (κ1) is 15.6. The van der Waals surface area contributed by atoms with E-state index in [2.05, 4.69) is 41.9 Å². The second kappa shape index (κ2) is 7.82. The van der Waals surface area contributed by atoms with Gasteiger partial charge in [-0.05, 0) is 45.1 Å². The first-order chi connectivity index (χ1) is 9.74. The summed E-state index contributed by atoms with van der Waals surface area (Å²) < 4.78 is 2.14. The summed E-state index contributed by atoms with van der Waals surface area (Å²) in [6, 6.07) is 2.88. The SMILES string of the molecule is CCc1cc(CN[C@H](C)C2CCCCCC2)n(CC)n1. The molecule has 20 heavy (non-hydrogen) atoms. The molecule has 0 aliphatic heterocycles. The van der Waals surface area contributed by atoms with Crippen LogP contribution in [0.2, 0.25) is 0 Å². The maximum Gasteiger partial charge on any atom is 0.0625 e. The van der Waals surface area contributed by atoms with Crippen LogP contribution in [0.25, 0.3) is 0 Å². The summed E-state index contributed by atoms with van der Waals surface area (Å²) in [4.78, 5) is 0. The zero-order valence-electron chi connectivity index (χ0n) is 13.5. The summed E-state index contributed by atoms with van der Waals surface area (Å²) in [5, 5.41) is 8.38. The van der Waals surface area contributed by atoms with Gasteiger partial charge in [0.05, 0.1) is 11.4 Å². The average molecular weight is 277 g/mol. The molecule has 1 saturated carbocycles. The Bertz CT molecular complexity index is 389. The van der Waals surface area contributed by atoms with E-state index in [9.17, 15) is 0 Å². The molecule has 1 N–H and O–H groups in total. The van der Waals surface area contributed by atoms with Gasteiger partial charge >= 0.3 is 0 Å². The predicted molar refractivity (Wildman–Crippen MR) is 84.8 cm³/mol. The van der Waals surface area contributed by atoms with Crippen molar-refractivity contribution in [2.45, 2.75) is 84.8 Å². The quantitative estimate of drug-likeness (QED) is 0.799. The van der Waals surface area contributed by atoms with Crippen LogP contribution in [-0.4, -0.2) is 15.8 Å². The largest absolute Gasteiger partial charge is 0.308 e. The maximum atomic E-state index is 4.63. The highest BCUT2D eigenvalue weighted by molar-refractivity contribution is 5.10. The monoisotopic (exact) mass is 277 g/mol. The van der Waals surface area contributed by atoms with Gasteiger partial charge in [-0.2, -0.15) is 5.10 Å². The molecule has 0 bridgehead atoms. The number of aromatic nitrogens is 2. The molecule has 1 atom stereocenters. The van der Waals surface area contributed by atoms with E-state index < -0.39 is 0 Å². The van der Waals surface area contributed by atoms with Crippen molar-refractivity contribution in [2.24, 2.45) is 5.92 Å². The van der Waals surface area contributed by atoms with E-state index in [1.807, 2.05) is 0 Å². The average Bonchev–Trinajstić information content (AvgIpc) is 2.68. The standard InChI is InChI=1S/C17H31N3/c1-4-16-12-17(20(5-2)19-16)13-18-14(3)15-10-8-6-7-9-11-15/h12,14-15,18H,4-11,13H2,1-3H3/t14-/m1/s1. The minimum atomic E-state index is 0.624. The highest BCUT2D eigenvalue weighted by Crippen LogP contribution is 2.25. The summed E-state index contributed by atoms with van der Waals surface area (Å²) in [5.74, 6) is 0.862.